The number of ether oxygens (including phenoxy) is 1. The molecule has 55 heavy (non-hydrogen) atoms. The summed E-state index contributed by atoms with van der Waals surface area (Å²) in [4.78, 5) is 80.6. The number of nitrogens with zero attached hydrogens (tertiary/aromatic N) is 2. The first-order valence-electron chi connectivity index (χ1n) is 19.3. The lowest BCUT2D eigenvalue weighted by atomic mass is 9.88. The van der Waals surface area contributed by atoms with E-state index in [2.05, 4.69) is 42.0 Å². The van der Waals surface area contributed by atoms with Gasteiger partial charge in [-0.25, -0.2) is 4.79 Å². The fourth-order valence-electron chi connectivity index (χ4n) is 4.83. The molecule has 1 saturated carbocycles. The summed E-state index contributed by atoms with van der Waals surface area (Å²) in [7, 11) is 3.32. The maximum Gasteiger partial charge on any atom is 0.312 e. The van der Waals surface area contributed by atoms with Crippen molar-refractivity contribution in [3.8, 4) is 0 Å². The number of nitrogens with one attached hydrogen (secondary N) is 4. The molecule has 0 radical (unpaired) electrons. The molecule has 314 valence electrons. The summed E-state index contributed by atoms with van der Waals surface area (Å²) in [6.07, 6.45) is 8.53. The van der Waals surface area contributed by atoms with Crippen LogP contribution in [-0.2, 0) is 46.7 Å². The highest BCUT2D eigenvalue weighted by Gasteiger charge is 2.34. The van der Waals surface area contributed by atoms with E-state index in [1.807, 2.05) is 13.8 Å². The Morgan fingerprint density at radius 1 is 1.07 bits per heavy atom. The predicted octanol–water partition coefficient (Wildman–Crippen LogP) is 3.09. The van der Waals surface area contributed by atoms with Crippen molar-refractivity contribution in [2.45, 2.75) is 112 Å². The monoisotopic (exact) mass is 780 g/mol. The van der Waals surface area contributed by atoms with Crippen molar-refractivity contribution in [2.24, 2.45) is 17.6 Å². The molecule has 16 nitrogen and oxygen atoms in total. The number of aliphatic hydroxyl groups is 1. The van der Waals surface area contributed by atoms with E-state index in [4.69, 9.17) is 10.5 Å². The molecule has 0 spiro atoms. The van der Waals surface area contributed by atoms with Gasteiger partial charge in [0, 0.05) is 44.6 Å². The number of amides is 7. The molecule has 7 amide bonds. The van der Waals surface area contributed by atoms with E-state index in [9.17, 15) is 38.7 Å². The van der Waals surface area contributed by atoms with E-state index in [0.29, 0.717) is 49.9 Å². The van der Waals surface area contributed by atoms with Crippen LogP contribution in [0.15, 0.2) is 18.2 Å². The Hall–Kier alpha value is -4.41. The SMILES string of the molecule is CC.CC1CC(=O)N(CCOCCC(=O)NCC=O)C1=O.CC1CCC1.CCC.CN[C@@H](CCCNC(N)=O)C(=O)Nc1ccc(CO)c(CN(C)C=O)c1. The highest BCUT2D eigenvalue weighted by atomic mass is 16.5. The molecule has 1 unspecified atom stereocenters. The third-order valence-electron chi connectivity index (χ3n) is 8.06. The molecule has 1 aliphatic carbocycles. The smallest absolute Gasteiger partial charge is 0.312 e. The maximum absolute atomic E-state index is 12.4. The van der Waals surface area contributed by atoms with Crippen molar-refractivity contribution < 1.29 is 43.4 Å². The average molecular weight is 780 g/mol. The molecule has 2 atom stereocenters. The van der Waals surface area contributed by atoms with Gasteiger partial charge in [-0.3, -0.25) is 28.9 Å². The van der Waals surface area contributed by atoms with Gasteiger partial charge < -0.3 is 46.5 Å². The maximum atomic E-state index is 12.4. The summed E-state index contributed by atoms with van der Waals surface area (Å²) in [6, 6.07) is 4.14. The van der Waals surface area contributed by atoms with Crippen molar-refractivity contribution in [2.75, 3.05) is 52.3 Å². The fraction of sp³-hybridized carbons (Fsp3) is 0.667. The minimum atomic E-state index is -0.591. The average Bonchev–Trinajstić information content (AvgIpc) is 3.40. The molecule has 1 aliphatic heterocycles. The molecule has 0 aromatic heterocycles. The van der Waals surface area contributed by atoms with Crippen molar-refractivity contribution in [3.63, 3.8) is 0 Å². The van der Waals surface area contributed by atoms with Gasteiger partial charge in [0.15, 0.2) is 0 Å². The number of rotatable bonds is 19. The topological polar surface area (TPSA) is 230 Å². The Balaban J connectivity index is 0. The van der Waals surface area contributed by atoms with Crippen molar-refractivity contribution in [1.82, 2.24) is 25.8 Å². The molecule has 16 heteroatoms. The largest absolute Gasteiger partial charge is 0.392 e. The van der Waals surface area contributed by atoms with Crippen LogP contribution >= 0.6 is 0 Å². The van der Waals surface area contributed by atoms with Crippen LogP contribution in [0.3, 0.4) is 0 Å². The number of hydrogen-bond acceptors (Lipinski definition) is 10. The van der Waals surface area contributed by atoms with Crippen LogP contribution in [0.25, 0.3) is 0 Å². The number of primary amides is 1. The second-order valence-electron chi connectivity index (χ2n) is 13.0. The van der Waals surface area contributed by atoms with E-state index >= 15 is 0 Å². The summed E-state index contributed by atoms with van der Waals surface area (Å²) in [5.41, 5.74) is 7.03. The van der Waals surface area contributed by atoms with Crippen LogP contribution in [0.1, 0.15) is 104 Å². The van der Waals surface area contributed by atoms with Crippen LogP contribution < -0.4 is 27.0 Å². The van der Waals surface area contributed by atoms with E-state index in [0.717, 1.165) is 11.5 Å². The highest BCUT2D eigenvalue weighted by Crippen LogP contribution is 2.24. The van der Waals surface area contributed by atoms with Gasteiger partial charge in [-0.05, 0) is 49.1 Å². The number of anilines is 1. The van der Waals surface area contributed by atoms with Crippen LogP contribution in [0.5, 0.6) is 0 Å². The molecular weight excluding hydrogens is 710 g/mol. The zero-order valence-electron chi connectivity index (χ0n) is 34.4. The Morgan fingerprint density at radius 2 is 1.71 bits per heavy atom. The van der Waals surface area contributed by atoms with Gasteiger partial charge in [0.05, 0.1) is 39.0 Å². The third-order valence-corrected chi connectivity index (χ3v) is 8.06. The first kappa shape index (κ1) is 52.7. The second-order valence-corrected chi connectivity index (χ2v) is 13.0. The van der Waals surface area contributed by atoms with E-state index in [-0.39, 0.29) is 75.3 Å². The Morgan fingerprint density at radius 3 is 2.18 bits per heavy atom. The number of carbonyl (C=O) groups is 7. The number of aliphatic hydroxyl groups excluding tert-OH is 1. The number of aldehydes is 1. The Kier molecular flexibility index (Phi) is 31.6. The Labute approximate surface area is 328 Å². The number of imide groups is 1. The van der Waals surface area contributed by atoms with E-state index in [1.54, 1.807) is 39.2 Å². The lowest BCUT2D eigenvalue weighted by Crippen LogP contribution is -2.39. The summed E-state index contributed by atoms with van der Waals surface area (Å²) in [6.45, 7) is 13.5. The number of benzene rings is 1. The standard InChI is InChI=1S/C17H27N5O4.C12H18N2O5.C5H10.C3H8.C2H6/c1-19-15(4-3-7-20-17(18)26)16(25)21-14-6-5-12(10-23)13(8-14)9-22(2)11-24;1-9-8-11(17)14(12(9)18)4-7-19-6-2-10(16)13-3-5-15;1-5-3-2-4-5;1-3-2;1-2/h5-6,8,11,15,19,23H,3-4,7,9-10H2,1-2H3,(H,21,25)(H3,18,20,26);5,9H,2-4,6-8H2,1H3,(H,13,16);5H,2-4H2,1H3;3H2,1-2H3;1-2H3/t15-;;;;/m0..../s1. The molecule has 2 fully saturated rings. The molecule has 2 aliphatic rings. The van der Waals surface area contributed by atoms with Gasteiger partial charge in [0.25, 0.3) is 0 Å². The van der Waals surface area contributed by atoms with Gasteiger partial charge in [0.1, 0.15) is 6.29 Å². The van der Waals surface area contributed by atoms with Crippen LogP contribution in [0, 0.1) is 11.8 Å². The van der Waals surface area contributed by atoms with Crippen molar-refractivity contribution >= 4 is 48.0 Å². The lowest BCUT2D eigenvalue weighted by molar-refractivity contribution is -0.140. The second kappa shape index (κ2) is 33.0. The van der Waals surface area contributed by atoms with Gasteiger partial charge in [-0.1, -0.05) is 73.3 Å². The fourth-order valence-corrected chi connectivity index (χ4v) is 4.83. The number of carbonyl (C=O) groups excluding carboxylic acids is 7. The van der Waals surface area contributed by atoms with Crippen LogP contribution in [0.4, 0.5) is 10.5 Å². The van der Waals surface area contributed by atoms with Crippen molar-refractivity contribution in [1.29, 1.82) is 0 Å². The summed E-state index contributed by atoms with van der Waals surface area (Å²) in [5, 5.41) is 20.0. The quantitative estimate of drug-likeness (QED) is 0.0683. The van der Waals surface area contributed by atoms with E-state index in [1.165, 1.54) is 35.5 Å². The number of urea groups is 1. The van der Waals surface area contributed by atoms with Crippen LogP contribution in [0.2, 0.25) is 0 Å². The minimum Gasteiger partial charge on any atom is -0.392 e. The van der Waals surface area contributed by atoms with Gasteiger partial charge >= 0.3 is 6.03 Å². The number of hydrogen-bond donors (Lipinski definition) is 6. The van der Waals surface area contributed by atoms with E-state index < -0.39 is 12.1 Å². The zero-order chi connectivity index (χ0) is 42.2. The van der Waals surface area contributed by atoms with Gasteiger partial charge in [-0.2, -0.15) is 0 Å². The van der Waals surface area contributed by atoms with Crippen LogP contribution in [-0.4, -0.2) is 110 Å². The predicted molar refractivity (Wildman–Crippen MR) is 214 cm³/mol. The number of nitrogens with two attached hydrogens (primary N) is 1. The molecular formula is C39H69N7O9. The summed E-state index contributed by atoms with van der Waals surface area (Å²) >= 11 is 0. The first-order valence-corrected chi connectivity index (χ1v) is 19.3. The normalized spacial score (nSPS) is 14.7. The van der Waals surface area contributed by atoms with Gasteiger partial charge in [-0.15, -0.1) is 0 Å². The highest BCUT2D eigenvalue weighted by molar-refractivity contribution is 6.03. The molecule has 3 rings (SSSR count). The third kappa shape index (κ3) is 24.6. The summed E-state index contributed by atoms with van der Waals surface area (Å²) in [5.74, 6) is -0.00849. The summed E-state index contributed by atoms with van der Waals surface area (Å²) < 4.78 is 5.18. The minimum absolute atomic E-state index is 0.00645. The molecule has 7 N–H and O–H groups in total. The lowest BCUT2D eigenvalue weighted by Gasteiger charge is -2.18. The van der Waals surface area contributed by atoms with Gasteiger partial charge in [0.2, 0.25) is 30.0 Å². The zero-order valence-corrected chi connectivity index (χ0v) is 34.4. The molecule has 1 heterocycles. The molecule has 0 bridgehead atoms. The molecule has 1 aromatic carbocycles. The first-order chi connectivity index (χ1) is 26.3. The molecule has 1 saturated heterocycles. The number of likely N-dealkylation sites (tertiary alicyclic amines) is 1. The number of likely N-dealkylation sites (N-methyl/N-ethyl adjacent to an activating group) is 1. The Bertz CT molecular complexity index is 1280. The van der Waals surface area contributed by atoms with Crippen molar-refractivity contribution in [3.05, 3.63) is 29.3 Å². The molecule has 1 aromatic rings.